The van der Waals surface area contributed by atoms with Gasteiger partial charge in [0.15, 0.2) is 0 Å². The largest absolute Gasteiger partial charge is 0.480 e. The molecular weight excluding hydrogens is 559 g/mol. The van der Waals surface area contributed by atoms with Gasteiger partial charge in [-0.1, -0.05) is 12.7 Å². The van der Waals surface area contributed by atoms with E-state index in [9.17, 15) is 80.2 Å². The van der Waals surface area contributed by atoms with Gasteiger partial charge in [0.05, 0.1) is 6.42 Å². The maximum atomic E-state index is 13.8. The topological polar surface area (TPSA) is 92.7 Å². The fourth-order valence-electron chi connectivity index (χ4n) is 1.94. The second-order valence-electron chi connectivity index (χ2n) is 6.48. The summed E-state index contributed by atoms with van der Waals surface area (Å²) in [5, 5.41) is 8.99. The number of aliphatic carboxylic acids is 1. The van der Waals surface area contributed by atoms with Crippen LogP contribution >= 0.6 is 0 Å². The minimum absolute atomic E-state index is 0.298. The first-order chi connectivity index (χ1) is 15.7. The zero-order chi connectivity index (χ0) is 29.3. The van der Waals surface area contributed by atoms with Gasteiger partial charge in [-0.3, -0.25) is 9.59 Å². The number of carbonyl (C=O) groups excluding carboxylic acids is 2. The molecule has 0 bridgehead atoms. The van der Waals surface area contributed by atoms with E-state index in [0.29, 0.717) is 5.32 Å². The minimum Gasteiger partial charge on any atom is -0.480 e. The predicted molar refractivity (Wildman–Crippen MR) is 81.1 cm³/mol. The van der Waals surface area contributed by atoms with Crippen LogP contribution in [0.2, 0.25) is 0 Å². The highest BCUT2D eigenvalue weighted by atomic mass is 19.4. The van der Waals surface area contributed by atoms with Gasteiger partial charge in [-0.2, -0.15) is 65.9 Å². The maximum absolute atomic E-state index is 13.8. The highest BCUT2D eigenvalue weighted by molar-refractivity contribution is 5.91. The number of hydrogen-bond donors (Lipinski definition) is 2. The van der Waals surface area contributed by atoms with Crippen LogP contribution in [-0.2, 0) is 19.1 Å². The number of ether oxygens (including phenoxy) is 1. The van der Waals surface area contributed by atoms with Crippen molar-refractivity contribution < 1.29 is 90.1 Å². The van der Waals surface area contributed by atoms with Gasteiger partial charge in [0.2, 0.25) is 0 Å². The van der Waals surface area contributed by atoms with Crippen LogP contribution in [0, 0.1) is 0 Å². The number of carboxylic acid groups (broad SMARTS) is 1. The van der Waals surface area contributed by atoms with E-state index in [2.05, 4.69) is 11.3 Å². The molecule has 1 atom stereocenters. The molecule has 0 spiro atoms. The highest BCUT2D eigenvalue weighted by Gasteiger charge is 2.94. The Morgan fingerprint density at radius 3 is 1.50 bits per heavy atom. The van der Waals surface area contributed by atoms with Gasteiger partial charge < -0.3 is 15.2 Å². The van der Waals surface area contributed by atoms with E-state index < -0.39 is 78.6 Å². The molecule has 0 heterocycles. The second-order valence-corrected chi connectivity index (χ2v) is 6.48. The van der Waals surface area contributed by atoms with Crippen LogP contribution in [0.15, 0.2) is 12.7 Å². The smallest absolute Gasteiger partial charge is 0.460 e. The van der Waals surface area contributed by atoms with Crippen molar-refractivity contribution in [2.24, 2.45) is 0 Å². The molecule has 0 rings (SSSR count). The van der Waals surface area contributed by atoms with Crippen LogP contribution in [-0.4, -0.2) is 77.3 Å². The average molecular weight is 569 g/mol. The van der Waals surface area contributed by atoms with E-state index in [4.69, 9.17) is 5.11 Å². The molecule has 0 saturated heterocycles. The van der Waals surface area contributed by atoms with Gasteiger partial charge in [0.1, 0.15) is 12.6 Å². The average Bonchev–Trinajstić information content (AvgIpc) is 2.69. The van der Waals surface area contributed by atoms with Crippen molar-refractivity contribution in [2.75, 3.05) is 6.61 Å². The van der Waals surface area contributed by atoms with Crippen molar-refractivity contribution in [1.29, 1.82) is 0 Å². The van der Waals surface area contributed by atoms with Gasteiger partial charge in [-0.25, -0.2) is 4.79 Å². The first kappa shape index (κ1) is 33.1. The number of amides is 1. The molecule has 36 heavy (non-hydrogen) atoms. The van der Waals surface area contributed by atoms with Crippen molar-refractivity contribution in [2.45, 2.75) is 54.2 Å². The summed E-state index contributed by atoms with van der Waals surface area (Å²) in [6, 6.07) is -3.04. The standard InChI is InChI=1S/C15H10F15NO5/c1-2-3-36-6(32)4-5(7(33)34)31-8(35)9(16,17)10(18,19)11(20,21)12(22,23)13(24,25)14(26,27)15(28,29)30/h2,5H,1,3-4H2,(H,31,35)(H,33,34). The zero-order valence-electron chi connectivity index (χ0n) is 16.5. The molecule has 0 aromatic carbocycles. The van der Waals surface area contributed by atoms with E-state index in [1.807, 2.05) is 0 Å². The lowest BCUT2D eigenvalue weighted by atomic mass is 9.90. The first-order valence-electron chi connectivity index (χ1n) is 8.32. The Bertz CT molecular complexity index is 868. The molecule has 0 saturated carbocycles. The molecule has 6 nitrogen and oxygen atoms in total. The van der Waals surface area contributed by atoms with Crippen LogP contribution in [0.1, 0.15) is 6.42 Å². The molecular formula is C15H10F15NO5. The van der Waals surface area contributed by atoms with E-state index in [0.717, 1.165) is 6.08 Å². The van der Waals surface area contributed by atoms with Crippen LogP contribution in [0.3, 0.4) is 0 Å². The number of halogens is 15. The quantitative estimate of drug-likeness (QED) is 0.210. The van der Waals surface area contributed by atoms with Crippen molar-refractivity contribution in [3.63, 3.8) is 0 Å². The lowest BCUT2D eigenvalue weighted by Crippen LogP contribution is -2.74. The molecule has 0 fully saturated rings. The van der Waals surface area contributed by atoms with Gasteiger partial charge in [0.25, 0.3) is 5.91 Å². The Labute approximate surface area is 188 Å². The molecule has 0 aromatic heterocycles. The summed E-state index contributed by atoms with van der Waals surface area (Å²) in [5.41, 5.74) is 0. The monoisotopic (exact) mass is 569 g/mol. The van der Waals surface area contributed by atoms with E-state index >= 15 is 0 Å². The number of rotatable bonds is 12. The third kappa shape index (κ3) is 5.27. The van der Waals surface area contributed by atoms with Crippen molar-refractivity contribution in [1.82, 2.24) is 5.32 Å². The maximum Gasteiger partial charge on any atom is 0.460 e. The third-order valence-corrected chi connectivity index (χ3v) is 3.95. The molecule has 0 aliphatic carbocycles. The normalized spacial score (nSPS) is 15.2. The molecule has 0 aromatic rings. The van der Waals surface area contributed by atoms with Crippen LogP contribution in [0.5, 0.6) is 0 Å². The van der Waals surface area contributed by atoms with Gasteiger partial charge in [-0.15, -0.1) is 0 Å². The Morgan fingerprint density at radius 1 is 0.750 bits per heavy atom. The zero-order valence-corrected chi connectivity index (χ0v) is 16.5. The summed E-state index contributed by atoms with van der Waals surface area (Å²) in [6.07, 6.45) is -8.65. The Hall–Kier alpha value is -2.90. The number of carboxylic acids is 1. The first-order valence-corrected chi connectivity index (χ1v) is 8.32. The highest BCUT2D eigenvalue weighted by Crippen LogP contribution is 2.62. The summed E-state index contributed by atoms with van der Waals surface area (Å²) in [6.45, 7) is 2.33. The molecule has 0 aliphatic rings. The summed E-state index contributed by atoms with van der Waals surface area (Å²) in [7, 11) is 0. The van der Waals surface area contributed by atoms with Crippen molar-refractivity contribution in [3.05, 3.63) is 12.7 Å². The lowest BCUT2D eigenvalue weighted by Gasteiger charge is -2.41. The third-order valence-electron chi connectivity index (χ3n) is 3.95. The van der Waals surface area contributed by atoms with Gasteiger partial charge >= 0.3 is 53.7 Å². The summed E-state index contributed by atoms with van der Waals surface area (Å²) >= 11 is 0. The number of nitrogens with one attached hydrogen (secondary N) is 1. The molecule has 2 N–H and O–H groups in total. The Balaban J connectivity index is 6.37. The molecule has 1 amide bonds. The summed E-state index contributed by atoms with van der Waals surface area (Å²) < 4.78 is 201. The lowest BCUT2D eigenvalue weighted by molar-refractivity contribution is -0.449. The fourth-order valence-corrected chi connectivity index (χ4v) is 1.94. The minimum atomic E-state index is -8.62. The van der Waals surface area contributed by atoms with Crippen LogP contribution in [0.4, 0.5) is 65.9 Å². The predicted octanol–water partition coefficient (Wildman–Crippen LogP) is 4.05. The van der Waals surface area contributed by atoms with Crippen LogP contribution < -0.4 is 5.32 Å². The molecule has 21 heteroatoms. The van der Waals surface area contributed by atoms with Gasteiger partial charge in [-0.05, 0) is 0 Å². The number of hydrogen-bond acceptors (Lipinski definition) is 4. The SMILES string of the molecule is C=CCOC(=O)CC(NC(=O)C(F)(F)C(F)(F)C(F)(F)C(F)(F)C(F)(F)C(F)(F)C(F)(F)F)C(=O)O. The second kappa shape index (κ2) is 9.87. The Morgan fingerprint density at radius 2 is 1.14 bits per heavy atom. The van der Waals surface area contributed by atoms with E-state index in [-0.39, 0.29) is 0 Å². The van der Waals surface area contributed by atoms with Crippen molar-refractivity contribution >= 4 is 17.8 Å². The summed E-state index contributed by atoms with van der Waals surface area (Å²) in [5.74, 6) is -57.6. The summed E-state index contributed by atoms with van der Waals surface area (Å²) in [4.78, 5) is 33.5. The molecule has 1 unspecified atom stereocenters. The Kier molecular flexibility index (Phi) is 9.07. The molecule has 210 valence electrons. The number of alkyl halides is 15. The van der Waals surface area contributed by atoms with Crippen molar-refractivity contribution in [3.8, 4) is 0 Å². The fraction of sp³-hybridized carbons (Fsp3) is 0.667. The number of esters is 1. The van der Waals surface area contributed by atoms with Gasteiger partial charge in [0, 0.05) is 0 Å². The molecule has 0 radical (unpaired) electrons. The molecule has 0 aliphatic heterocycles. The van der Waals surface area contributed by atoms with E-state index in [1.165, 1.54) is 0 Å². The number of carbonyl (C=O) groups is 3. The van der Waals surface area contributed by atoms with Crippen LogP contribution in [0.25, 0.3) is 0 Å². The van der Waals surface area contributed by atoms with E-state index in [1.54, 1.807) is 0 Å².